The van der Waals surface area contributed by atoms with Crippen molar-refractivity contribution < 1.29 is 9.90 Å². The van der Waals surface area contributed by atoms with Crippen molar-refractivity contribution in [3.63, 3.8) is 0 Å². The fourth-order valence-electron chi connectivity index (χ4n) is 2.72. The molecule has 2 aromatic carbocycles. The first kappa shape index (κ1) is 16.0. The van der Waals surface area contributed by atoms with Gasteiger partial charge < -0.3 is 14.9 Å². The van der Waals surface area contributed by atoms with Gasteiger partial charge in [0, 0.05) is 31.2 Å². The number of aromatic hydroxyl groups is 1. The number of benzene rings is 2. The molecule has 1 heterocycles. The number of rotatable bonds is 2. The number of carbonyl (C=O) groups is 1. The predicted molar refractivity (Wildman–Crippen MR) is 92.7 cm³/mol. The highest BCUT2D eigenvalue weighted by Gasteiger charge is 2.24. The van der Waals surface area contributed by atoms with Crippen LogP contribution < -0.4 is 4.90 Å². The van der Waals surface area contributed by atoms with Gasteiger partial charge in [0.2, 0.25) is 0 Å². The van der Waals surface area contributed by atoms with Gasteiger partial charge in [-0.1, -0.05) is 35.3 Å². The Labute approximate surface area is 144 Å². The molecule has 1 aliphatic heterocycles. The Morgan fingerprint density at radius 3 is 2.35 bits per heavy atom. The zero-order valence-corrected chi connectivity index (χ0v) is 13.9. The van der Waals surface area contributed by atoms with Gasteiger partial charge in [-0.05, 0) is 30.3 Å². The summed E-state index contributed by atoms with van der Waals surface area (Å²) in [6, 6.07) is 12.1. The lowest BCUT2D eigenvalue weighted by atomic mass is 10.1. The van der Waals surface area contributed by atoms with E-state index < -0.39 is 0 Å². The molecule has 0 bridgehead atoms. The maximum atomic E-state index is 12.6. The van der Waals surface area contributed by atoms with Gasteiger partial charge in [-0.15, -0.1) is 0 Å². The molecule has 1 fully saturated rings. The van der Waals surface area contributed by atoms with Gasteiger partial charge in [-0.25, -0.2) is 0 Å². The lowest BCUT2D eigenvalue weighted by molar-refractivity contribution is 0.0747. The van der Waals surface area contributed by atoms with Crippen molar-refractivity contribution in [2.24, 2.45) is 0 Å². The fourth-order valence-corrected chi connectivity index (χ4v) is 3.20. The monoisotopic (exact) mass is 350 g/mol. The molecule has 0 spiro atoms. The molecular weight excluding hydrogens is 335 g/mol. The third-order valence-electron chi connectivity index (χ3n) is 3.95. The minimum Gasteiger partial charge on any atom is -0.506 e. The number of hydrogen-bond donors (Lipinski definition) is 1. The molecule has 0 radical (unpaired) electrons. The quantitative estimate of drug-likeness (QED) is 0.898. The van der Waals surface area contributed by atoms with Crippen molar-refractivity contribution in [1.29, 1.82) is 0 Å². The summed E-state index contributed by atoms with van der Waals surface area (Å²) < 4.78 is 0. The van der Waals surface area contributed by atoms with Gasteiger partial charge >= 0.3 is 0 Å². The Hall–Kier alpha value is -1.91. The zero-order valence-electron chi connectivity index (χ0n) is 12.4. The molecule has 1 N–H and O–H groups in total. The number of nitrogens with zero attached hydrogens (tertiary/aromatic N) is 2. The van der Waals surface area contributed by atoms with E-state index in [2.05, 4.69) is 4.90 Å². The number of hydrogen-bond acceptors (Lipinski definition) is 3. The van der Waals surface area contributed by atoms with E-state index in [1.807, 2.05) is 12.1 Å². The summed E-state index contributed by atoms with van der Waals surface area (Å²) in [6.45, 7) is 2.47. The van der Waals surface area contributed by atoms with E-state index in [9.17, 15) is 9.90 Å². The number of anilines is 1. The Bertz CT molecular complexity index is 728. The Morgan fingerprint density at radius 1 is 1.00 bits per heavy atom. The van der Waals surface area contributed by atoms with E-state index in [4.69, 9.17) is 23.2 Å². The average molecular weight is 351 g/mol. The van der Waals surface area contributed by atoms with Crippen LogP contribution in [0.3, 0.4) is 0 Å². The first-order valence-electron chi connectivity index (χ1n) is 7.33. The number of amides is 1. The van der Waals surface area contributed by atoms with Gasteiger partial charge in [0.05, 0.1) is 16.3 Å². The first-order valence-corrected chi connectivity index (χ1v) is 8.09. The fraction of sp³-hybridized carbons (Fsp3) is 0.235. The minimum absolute atomic E-state index is 0.0939. The summed E-state index contributed by atoms with van der Waals surface area (Å²) in [5.74, 6) is 0.164. The highest BCUT2D eigenvalue weighted by Crippen LogP contribution is 2.28. The lowest BCUT2D eigenvalue weighted by Crippen LogP contribution is -2.48. The van der Waals surface area contributed by atoms with Crippen LogP contribution in [-0.4, -0.2) is 42.1 Å². The van der Waals surface area contributed by atoms with Crippen LogP contribution in [0.15, 0.2) is 42.5 Å². The first-order chi connectivity index (χ1) is 11.1. The summed E-state index contributed by atoms with van der Waals surface area (Å²) in [7, 11) is 0. The van der Waals surface area contributed by atoms with Gasteiger partial charge in [0.15, 0.2) is 0 Å². The van der Waals surface area contributed by atoms with Crippen molar-refractivity contribution >= 4 is 34.8 Å². The largest absolute Gasteiger partial charge is 0.506 e. The molecule has 0 aliphatic carbocycles. The smallest absolute Gasteiger partial charge is 0.255 e. The van der Waals surface area contributed by atoms with E-state index in [1.165, 1.54) is 0 Å². The highest BCUT2D eigenvalue weighted by atomic mass is 35.5. The average Bonchev–Trinajstić information content (AvgIpc) is 2.55. The second-order valence-corrected chi connectivity index (χ2v) is 6.24. The molecule has 0 aromatic heterocycles. The molecule has 0 saturated carbocycles. The minimum atomic E-state index is -0.0939. The second kappa shape index (κ2) is 6.69. The van der Waals surface area contributed by atoms with Crippen LogP contribution in [0.1, 0.15) is 10.4 Å². The summed E-state index contributed by atoms with van der Waals surface area (Å²) in [6.07, 6.45) is 0. The van der Waals surface area contributed by atoms with Crippen LogP contribution in [-0.2, 0) is 0 Å². The zero-order chi connectivity index (χ0) is 16.4. The van der Waals surface area contributed by atoms with Crippen molar-refractivity contribution in [2.75, 3.05) is 31.1 Å². The van der Waals surface area contributed by atoms with Gasteiger partial charge in [0.25, 0.3) is 5.91 Å². The van der Waals surface area contributed by atoms with Crippen LogP contribution in [0.5, 0.6) is 5.75 Å². The molecule has 4 nitrogen and oxygen atoms in total. The van der Waals surface area contributed by atoms with E-state index in [0.717, 1.165) is 5.69 Å². The van der Waals surface area contributed by atoms with Crippen LogP contribution in [0, 0.1) is 0 Å². The van der Waals surface area contributed by atoms with Crippen LogP contribution >= 0.6 is 23.2 Å². The molecule has 6 heteroatoms. The van der Waals surface area contributed by atoms with Crippen molar-refractivity contribution in [3.05, 3.63) is 58.1 Å². The molecule has 3 rings (SSSR count). The molecule has 2 aromatic rings. The van der Waals surface area contributed by atoms with E-state index in [-0.39, 0.29) is 11.7 Å². The molecule has 120 valence electrons. The predicted octanol–water partition coefficient (Wildman–Crippen LogP) is 3.66. The molecule has 0 atom stereocenters. The topological polar surface area (TPSA) is 43.8 Å². The number of para-hydroxylation sites is 2. The van der Waals surface area contributed by atoms with Gasteiger partial charge in [-0.3, -0.25) is 4.79 Å². The number of halogens is 2. The van der Waals surface area contributed by atoms with Gasteiger partial charge in [-0.2, -0.15) is 0 Å². The lowest BCUT2D eigenvalue weighted by Gasteiger charge is -2.36. The van der Waals surface area contributed by atoms with E-state index in [0.29, 0.717) is 41.8 Å². The van der Waals surface area contributed by atoms with Crippen LogP contribution in [0.25, 0.3) is 0 Å². The number of piperazine rings is 1. The number of phenolic OH excluding ortho intramolecular Hbond substituents is 1. The highest BCUT2D eigenvalue weighted by molar-refractivity contribution is 6.36. The number of phenols is 1. The third-order valence-corrected chi connectivity index (χ3v) is 4.50. The van der Waals surface area contributed by atoms with Crippen molar-refractivity contribution in [3.8, 4) is 5.75 Å². The molecule has 0 unspecified atom stereocenters. The Balaban J connectivity index is 1.69. The standard InChI is InChI=1S/C17H16Cl2N2O2/c18-12-5-6-13(14(19)11-12)17(23)21-9-7-20(8-10-21)15-3-1-2-4-16(15)22/h1-6,11,22H,7-10H2. The van der Waals surface area contributed by atoms with Gasteiger partial charge in [0.1, 0.15) is 5.75 Å². The summed E-state index contributed by atoms with van der Waals surface area (Å²) in [5.41, 5.74) is 1.26. The van der Waals surface area contributed by atoms with Crippen molar-refractivity contribution in [1.82, 2.24) is 4.90 Å². The Kier molecular flexibility index (Phi) is 4.64. The van der Waals surface area contributed by atoms with E-state index >= 15 is 0 Å². The molecule has 1 saturated heterocycles. The molecule has 1 amide bonds. The normalized spacial score (nSPS) is 14.9. The summed E-state index contributed by atoms with van der Waals surface area (Å²) in [4.78, 5) is 16.4. The molecular formula is C17H16Cl2N2O2. The molecule has 23 heavy (non-hydrogen) atoms. The maximum Gasteiger partial charge on any atom is 0.255 e. The third kappa shape index (κ3) is 3.38. The SMILES string of the molecule is O=C(c1ccc(Cl)cc1Cl)N1CCN(c2ccccc2O)CC1. The summed E-state index contributed by atoms with van der Waals surface area (Å²) >= 11 is 12.0. The second-order valence-electron chi connectivity index (χ2n) is 5.39. The Morgan fingerprint density at radius 2 is 1.70 bits per heavy atom. The number of carbonyl (C=O) groups excluding carboxylic acids is 1. The maximum absolute atomic E-state index is 12.6. The summed E-state index contributed by atoms with van der Waals surface area (Å²) in [5, 5.41) is 10.8. The van der Waals surface area contributed by atoms with Crippen LogP contribution in [0.2, 0.25) is 10.0 Å². The van der Waals surface area contributed by atoms with Crippen molar-refractivity contribution in [2.45, 2.75) is 0 Å². The molecule has 1 aliphatic rings. The van der Waals surface area contributed by atoms with Crippen LogP contribution in [0.4, 0.5) is 5.69 Å². The van der Waals surface area contributed by atoms with E-state index in [1.54, 1.807) is 35.2 Å².